The second-order valence-electron chi connectivity index (χ2n) is 5.53. The zero-order valence-corrected chi connectivity index (χ0v) is 13.9. The third-order valence-electron chi connectivity index (χ3n) is 3.70. The minimum absolute atomic E-state index is 0.300. The van der Waals surface area contributed by atoms with Gasteiger partial charge in [0.05, 0.1) is 17.9 Å². The summed E-state index contributed by atoms with van der Waals surface area (Å²) in [5.74, 6) is 0.780. The van der Waals surface area contributed by atoms with Gasteiger partial charge in [-0.05, 0) is 30.3 Å². The molecule has 1 aliphatic heterocycles. The number of aliphatic imine (C=N–C) groups is 1. The Morgan fingerprint density at radius 3 is 2.58 bits per heavy atom. The highest BCUT2D eigenvalue weighted by Gasteiger charge is 2.14. The van der Waals surface area contributed by atoms with E-state index in [0.717, 1.165) is 11.4 Å². The molecule has 1 aliphatic rings. The Morgan fingerprint density at radius 2 is 1.96 bits per heavy atom. The first-order valence-corrected chi connectivity index (χ1v) is 7.77. The molecule has 0 fully saturated rings. The van der Waals surface area contributed by atoms with Crippen molar-refractivity contribution in [1.29, 1.82) is 0 Å². The molecule has 10 nitrogen and oxygen atoms in total. The maximum Gasteiger partial charge on any atom is 0.317 e. The van der Waals surface area contributed by atoms with Gasteiger partial charge in [0, 0.05) is 18.4 Å². The molecule has 2 amide bonds. The third-order valence-corrected chi connectivity index (χ3v) is 3.70. The average Bonchev–Trinajstić information content (AvgIpc) is 3.11. The van der Waals surface area contributed by atoms with Gasteiger partial charge in [-0.3, -0.25) is 5.32 Å². The first-order chi connectivity index (χ1) is 12.5. The van der Waals surface area contributed by atoms with Gasteiger partial charge in [0.1, 0.15) is 17.4 Å². The van der Waals surface area contributed by atoms with Crippen LogP contribution in [0, 0.1) is 0 Å². The van der Waals surface area contributed by atoms with Crippen molar-refractivity contribution in [3.05, 3.63) is 60.8 Å². The Kier molecular flexibility index (Phi) is 4.78. The number of carbonyl (C=O) groups excluding carboxylic acids is 1. The number of rotatable bonds is 4. The fourth-order valence-corrected chi connectivity index (χ4v) is 2.35. The van der Waals surface area contributed by atoms with Crippen molar-refractivity contribution < 1.29 is 4.79 Å². The van der Waals surface area contributed by atoms with Crippen molar-refractivity contribution in [3.63, 3.8) is 0 Å². The summed E-state index contributed by atoms with van der Waals surface area (Å²) in [6, 6.07) is 6.51. The third kappa shape index (κ3) is 3.61. The number of urea groups is 1. The van der Waals surface area contributed by atoms with Gasteiger partial charge in [-0.15, -0.1) is 5.10 Å². The van der Waals surface area contributed by atoms with Crippen LogP contribution in [0.25, 0.3) is 5.69 Å². The standard InChI is InChI=1S/C16H19N9O/c1-10-20-15(21-16(19)26)6-7-24(10)11-2-4-12(5-3-11)25-9-14(22-23-25)13(18)8-17/h2-7,9,13H,1,8,17-18H2,(H3,19,20,21,26)/t13-/m1/s1. The molecule has 0 saturated heterocycles. The summed E-state index contributed by atoms with van der Waals surface area (Å²) in [5, 5.41) is 10.5. The van der Waals surface area contributed by atoms with Crippen molar-refractivity contribution in [1.82, 2.24) is 20.3 Å². The number of nitrogens with zero attached hydrogens (tertiary/aromatic N) is 5. The van der Waals surface area contributed by atoms with Crippen LogP contribution >= 0.6 is 0 Å². The van der Waals surface area contributed by atoms with Crippen molar-refractivity contribution in [2.24, 2.45) is 22.2 Å². The van der Waals surface area contributed by atoms with E-state index in [1.807, 2.05) is 24.3 Å². The van der Waals surface area contributed by atoms with Gasteiger partial charge in [-0.1, -0.05) is 11.8 Å². The van der Waals surface area contributed by atoms with E-state index in [1.165, 1.54) is 0 Å². The van der Waals surface area contributed by atoms with E-state index in [1.54, 1.807) is 28.1 Å². The van der Waals surface area contributed by atoms with E-state index in [-0.39, 0.29) is 6.04 Å². The highest BCUT2D eigenvalue weighted by atomic mass is 16.2. The maximum absolute atomic E-state index is 10.9. The number of carbonyl (C=O) groups is 1. The normalized spacial score (nSPS) is 14.9. The number of primary amides is 1. The van der Waals surface area contributed by atoms with E-state index in [2.05, 4.69) is 27.2 Å². The average molecular weight is 353 g/mol. The summed E-state index contributed by atoms with van der Waals surface area (Å²) >= 11 is 0. The van der Waals surface area contributed by atoms with Crippen LogP contribution < -0.4 is 27.4 Å². The summed E-state index contributed by atoms with van der Waals surface area (Å²) in [4.78, 5) is 16.8. The highest BCUT2D eigenvalue weighted by Crippen LogP contribution is 2.23. The molecule has 26 heavy (non-hydrogen) atoms. The van der Waals surface area contributed by atoms with Crippen LogP contribution in [-0.4, -0.2) is 33.4 Å². The molecular formula is C16H19N9O. The Labute approximate surface area is 149 Å². The van der Waals surface area contributed by atoms with E-state index in [9.17, 15) is 4.79 Å². The molecule has 1 atom stereocenters. The largest absolute Gasteiger partial charge is 0.351 e. The smallest absolute Gasteiger partial charge is 0.317 e. The molecule has 0 aliphatic carbocycles. The van der Waals surface area contributed by atoms with Crippen molar-refractivity contribution in [2.45, 2.75) is 6.04 Å². The van der Waals surface area contributed by atoms with Gasteiger partial charge in [-0.25, -0.2) is 14.5 Å². The Hall–Kier alpha value is -3.50. The predicted molar refractivity (Wildman–Crippen MR) is 98.3 cm³/mol. The summed E-state index contributed by atoms with van der Waals surface area (Å²) in [5.41, 5.74) is 18.8. The van der Waals surface area contributed by atoms with Gasteiger partial charge in [-0.2, -0.15) is 0 Å². The van der Waals surface area contributed by atoms with Crippen molar-refractivity contribution >= 4 is 17.6 Å². The Balaban J connectivity index is 1.75. The summed E-state index contributed by atoms with van der Waals surface area (Å²) in [7, 11) is 0. The number of hydrogen-bond acceptors (Lipinski definition) is 7. The minimum atomic E-state index is -0.680. The molecule has 7 N–H and O–H groups in total. The second-order valence-corrected chi connectivity index (χ2v) is 5.53. The minimum Gasteiger partial charge on any atom is -0.351 e. The molecule has 134 valence electrons. The summed E-state index contributed by atoms with van der Waals surface area (Å²) in [6.45, 7) is 4.18. The SMILES string of the molecule is C=C1N=C(NC(N)=O)C=CN1c1ccc(-n2cc([C@H](N)CN)nn2)cc1. The van der Waals surface area contributed by atoms with Gasteiger partial charge in [0.2, 0.25) is 0 Å². The van der Waals surface area contributed by atoms with Gasteiger partial charge in [0.25, 0.3) is 0 Å². The maximum atomic E-state index is 10.9. The summed E-state index contributed by atoms with van der Waals surface area (Å²) < 4.78 is 1.63. The lowest BCUT2D eigenvalue weighted by Crippen LogP contribution is -2.36. The quantitative estimate of drug-likeness (QED) is 0.611. The number of amidine groups is 1. The number of amides is 2. The molecule has 2 heterocycles. The number of hydrogen-bond donors (Lipinski definition) is 4. The molecule has 3 rings (SSSR count). The fraction of sp³-hybridized carbons (Fsp3) is 0.125. The number of anilines is 1. The van der Waals surface area contributed by atoms with Crippen LogP contribution in [0.2, 0.25) is 0 Å². The number of nitrogens with two attached hydrogens (primary N) is 3. The van der Waals surface area contributed by atoms with E-state index >= 15 is 0 Å². The molecule has 0 unspecified atom stereocenters. The van der Waals surface area contributed by atoms with Crippen LogP contribution in [-0.2, 0) is 0 Å². The predicted octanol–water partition coefficient (Wildman–Crippen LogP) is 0.0975. The molecule has 10 heteroatoms. The molecule has 0 spiro atoms. The zero-order chi connectivity index (χ0) is 18.7. The van der Waals surface area contributed by atoms with Crippen LogP contribution in [0.5, 0.6) is 0 Å². The van der Waals surface area contributed by atoms with Crippen LogP contribution in [0.4, 0.5) is 10.5 Å². The van der Waals surface area contributed by atoms with Gasteiger partial charge in [0.15, 0.2) is 0 Å². The molecule has 0 radical (unpaired) electrons. The molecular weight excluding hydrogens is 334 g/mol. The monoisotopic (exact) mass is 353 g/mol. The molecule has 1 aromatic carbocycles. The number of aromatic nitrogens is 3. The Bertz CT molecular complexity index is 881. The Morgan fingerprint density at radius 1 is 1.27 bits per heavy atom. The lowest BCUT2D eigenvalue weighted by molar-refractivity contribution is 0.253. The van der Waals surface area contributed by atoms with Gasteiger partial charge >= 0.3 is 6.03 Å². The number of benzene rings is 1. The van der Waals surface area contributed by atoms with Gasteiger partial charge < -0.3 is 22.1 Å². The van der Waals surface area contributed by atoms with Crippen molar-refractivity contribution in [2.75, 3.05) is 11.4 Å². The van der Waals surface area contributed by atoms with E-state index in [4.69, 9.17) is 17.2 Å². The molecule has 1 aromatic heterocycles. The molecule has 0 bridgehead atoms. The first kappa shape index (κ1) is 17.3. The van der Waals surface area contributed by atoms with Crippen LogP contribution in [0.3, 0.4) is 0 Å². The molecule has 0 saturated carbocycles. The molecule has 2 aromatic rings. The van der Waals surface area contributed by atoms with E-state index in [0.29, 0.717) is 23.9 Å². The first-order valence-electron chi connectivity index (χ1n) is 7.77. The fourth-order valence-electron chi connectivity index (χ4n) is 2.35. The summed E-state index contributed by atoms with van der Waals surface area (Å²) in [6.07, 6.45) is 5.12. The zero-order valence-electron chi connectivity index (χ0n) is 13.9. The van der Waals surface area contributed by atoms with E-state index < -0.39 is 6.03 Å². The highest BCUT2D eigenvalue weighted by molar-refractivity contribution is 6.04. The lowest BCUT2D eigenvalue weighted by atomic mass is 10.2. The van der Waals surface area contributed by atoms with Crippen LogP contribution in [0.15, 0.2) is 60.1 Å². The second kappa shape index (κ2) is 7.17. The van der Waals surface area contributed by atoms with Crippen LogP contribution in [0.1, 0.15) is 11.7 Å². The lowest BCUT2D eigenvalue weighted by Gasteiger charge is -2.23. The topological polar surface area (TPSA) is 153 Å². The van der Waals surface area contributed by atoms with Crippen molar-refractivity contribution in [3.8, 4) is 5.69 Å². The number of nitrogens with one attached hydrogen (secondary N) is 1.